The zero-order chi connectivity index (χ0) is 13.8. The smallest absolute Gasteiger partial charge is 0.113 e. The Morgan fingerprint density at radius 3 is 2.65 bits per heavy atom. The van der Waals surface area contributed by atoms with Crippen LogP contribution in [0.25, 0.3) is 10.2 Å². The van der Waals surface area contributed by atoms with E-state index in [4.69, 9.17) is 4.84 Å². The zero-order valence-corrected chi connectivity index (χ0v) is 12.1. The molecule has 1 unspecified atom stereocenters. The molecule has 0 bridgehead atoms. The summed E-state index contributed by atoms with van der Waals surface area (Å²) in [7, 11) is 0. The maximum atomic E-state index is 5.55. The van der Waals surface area contributed by atoms with Crippen LogP contribution >= 0.6 is 11.3 Å². The molecule has 0 fully saturated rings. The average molecular weight is 284 g/mol. The number of rotatable bonds is 5. The van der Waals surface area contributed by atoms with Gasteiger partial charge in [-0.25, -0.2) is 4.98 Å². The Balaban J connectivity index is 1.60. The first-order valence-electron chi connectivity index (χ1n) is 6.59. The van der Waals surface area contributed by atoms with Gasteiger partial charge in [0.2, 0.25) is 0 Å². The van der Waals surface area contributed by atoms with E-state index in [-0.39, 0.29) is 6.04 Å². The summed E-state index contributed by atoms with van der Waals surface area (Å²) in [4.78, 5) is 10.2. The molecule has 4 heteroatoms. The lowest BCUT2D eigenvalue weighted by Crippen LogP contribution is -2.18. The minimum Gasteiger partial charge on any atom is -0.296 e. The van der Waals surface area contributed by atoms with Crippen molar-refractivity contribution in [3.05, 3.63) is 65.2 Å². The van der Waals surface area contributed by atoms with Crippen LogP contribution in [0.3, 0.4) is 0 Å². The van der Waals surface area contributed by atoms with E-state index in [9.17, 15) is 0 Å². The van der Waals surface area contributed by atoms with Crippen molar-refractivity contribution in [2.75, 3.05) is 0 Å². The molecule has 0 spiro atoms. The number of thiazole rings is 1. The number of benzene rings is 2. The molecule has 102 valence electrons. The normalized spacial score (nSPS) is 12.7. The predicted molar refractivity (Wildman–Crippen MR) is 82.4 cm³/mol. The number of aromatic nitrogens is 1. The van der Waals surface area contributed by atoms with E-state index in [1.54, 1.807) is 11.3 Å². The van der Waals surface area contributed by atoms with Gasteiger partial charge in [0, 0.05) is 0 Å². The molecule has 0 amide bonds. The second-order valence-corrected chi connectivity index (χ2v) is 5.70. The summed E-state index contributed by atoms with van der Waals surface area (Å²) in [6, 6.07) is 18.4. The second kappa shape index (κ2) is 6.13. The Morgan fingerprint density at radius 1 is 1.10 bits per heavy atom. The highest BCUT2D eigenvalue weighted by Crippen LogP contribution is 2.25. The van der Waals surface area contributed by atoms with Gasteiger partial charge >= 0.3 is 0 Å². The van der Waals surface area contributed by atoms with Crippen LogP contribution in [-0.4, -0.2) is 4.98 Å². The average Bonchev–Trinajstić information content (AvgIpc) is 2.92. The molecule has 0 saturated carbocycles. The zero-order valence-electron chi connectivity index (χ0n) is 11.2. The van der Waals surface area contributed by atoms with E-state index in [1.807, 2.05) is 48.5 Å². The Bertz CT molecular complexity index is 648. The van der Waals surface area contributed by atoms with Gasteiger partial charge in [0.05, 0.1) is 22.9 Å². The molecule has 0 saturated heterocycles. The van der Waals surface area contributed by atoms with Crippen molar-refractivity contribution in [1.82, 2.24) is 10.5 Å². The van der Waals surface area contributed by atoms with Crippen molar-refractivity contribution < 1.29 is 4.84 Å². The third kappa shape index (κ3) is 3.04. The Labute approximate surface area is 122 Å². The third-order valence-corrected chi connectivity index (χ3v) is 4.24. The Morgan fingerprint density at radius 2 is 1.85 bits per heavy atom. The van der Waals surface area contributed by atoms with Gasteiger partial charge in [-0.1, -0.05) is 42.5 Å². The van der Waals surface area contributed by atoms with Crippen molar-refractivity contribution in [1.29, 1.82) is 0 Å². The Kier molecular flexibility index (Phi) is 4.06. The number of hydrogen-bond acceptors (Lipinski definition) is 4. The first-order chi connectivity index (χ1) is 9.83. The molecule has 2 aromatic carbocycles. The highest BCUT2D eigenvalue weighted by atomic mass is 32.1. The van der Waals surface area contributed by atoms with Crippen molar-refractivity contribution in [2.45, 2.75) is 19.6 Å². The summed E-state index contributed by atoms with van der Waals surface area (Å²) in [5, 5.41) is 1.04. The molecular formula is C16H16N2OS. The Hall–Kier alpha value is -1.75. The predicted octanol–water partition coefficient (Wildman–Crippen LogP) is 4.08. The van der Waals surface area contributed by atoms with Gasteiger partial charge in [0.15, 0.2) is 0 Å². The molecule has 3 nitrogen and oxygen atoms in total. The summed E-state index contributed by atoms with van der Waals surface area (Å²) in [6.07, 6.45) is 0. The molecule has 1 atom stereocenters. The molecule has 0 aliphatic rings. The molecule has 1 heterocycles. The summed E-state index contributed by atoms with van der Waals surface area (Å²) in [6.45, 7) is 2.61. The summed E-state index contributed by atoms with van der Waals surface area (Å²) < 4.78 is 1.21. The summed E-state index contributed by atoms with van der Waals surface area (Å²) in [5.41, 5.74) is 5.25. The van der Waals surface area contributed by atoms with Crippen molar-refractivity contribution in [3.8, 4) is 0 Å². The van der Waals surface area contributed by atoms with Crippen LogP contribution in [0.15, 0.2) is 54.6 Å². The lowest BCUT2D eigenvalue weighted by molar-refractivity contribution is 0.00698. The summed E-state index contributed by atoms with van der Waals surface area (Å²) in [5.74, 6) is 0. The van der Waals surface area contributed by atoms with Crippen molar-refractivity contribution in [2.24, 2.45) is 0 Å². The molecule has 0 aliphatic heterocycles. The standard InChI is InChI=1S/C16H16N2OS/c1-12(18-19-11-13-7-3-2-4-8-13)16-17-14-9-5-6-10-15(14)20-16/h2-10,12,18H,11H2,1H3. The van der Waals surface area contributed by atoms with Crippen LogP contribution in [0.5, 0.6) is 0 Å². The van der Waals surface area contributed by atoms with Gasteiger partial charge in [0.1, 0.15) is 5.01 Å². The van der Waals surface area contributed by atoms with E-state index >= 15 is 0 Å². The minimum absolute atomic E-state index is 0.0797. The second-order valence-electron chi connectivity index (χ2n) is 4.63. The van der Waals surface area contributed by atoms with Crippen molar-refractivity contribution in [3.63, 3.8) is 0 Å². The number of nitrogens with one attached hydrogen (secondary N) is 1. The fraction of sp³-hybridized carbons (Fsp3) is 0.188. The fourth-order valence-electron chi connectivity index (χ4n) is 1.95. The lowest BCUT2D eigenvalue weighted by atomic mass is 10.2. The maximum absolute atomic E-state index is 5.55. The van der Waals surface area contributed by atoms with Crippen LogP contribution < -0.4 is 5.48 Å². The van der Waals surface area contributed by atoms with Gasteiger partial charge in [-0.3, -0.25) is 4.84 Å². The van der Waals surface area contributed by atoms with E-state index in [0.717, 1.165) is 16.1 Å². The molecule has 1 N–H and O–H groups in total. The molecule has 3 aromatic rings. The first-order valence-corrected chi connectivity index (χ1v) is 7.41. The number of fused-ring (bicyclic) bond motifs is 1. The van der Waals surface area contributed by atoms with E-state index in [0.29, 0.717) is 6.61 Å². The molecular weight excluding hydrogens is 268 g/mol. The lowest BCUT2D eigenvalue weighted by Gasteiger charge is -2.11. The number of nitrogens with zero attached hydrogens (tertiary/aromatic N) is 1. The number of para-hydroxylation sites is 1. The number of hydrogen-bond donors (Lipinski definition) is 1. The molecule has 0 aliphatic carbocycles. The summed E-state index contributed by atoms with van der Waals surface area (Å²) >= 11 is 1.70. The molecule has 0 radical (unpaired) electrons. The van der Waals surface area contributed by atoms with Crippen LogP contribution in [0, 0.1) is 0 Å². The van der Waals surface area contributed by atoms with Gasteiger partial charge in [-0.05, 0) is 24.6 Å². The first kappa shape index (κ1) is 13.2. The maximum Gasteiger partial charge on any atom is 0.113 e. The van der Waals surface area contributed by atoms with E-state index in [2.05, 4.69) is 23.5 Å². The molecule has 20 heavy (non-hydrogen) atoms. The highest BCUT2D eigenvalue weighted by Gasteiger charge is 2.11. The monoisotopic (exact) mass is 284 g/mol. The fourth-order valence-corrected chi connectivity index (χ4v) is 2.91. The van der Waals surface area contributed by atoms with Gasteiger partial charge in [0.25, 0.3) is 0 Å². The third-order valence-electron chi connectivity index (χ3n) is 3.02. The SMILES string of the molecule is CC(NOCc1ccccc1)c1nc2ccccc2s1. The van der Waals surface area contributed by atoms with E-state index < -0.39 is 0 Å². The van der Waals surface area contributed by atoms with Crippen molar-refractivity contribution >= 4 is 21.6 Å². The van der Waals surface area contributed by atoms with E-state index in [1.165, 1.54) is 4.70 Å². The highest BCUT2D eigenvalue weighted by molar-refractivity contribution is 7.18. The minimum atomic E-state index is 0.0797. The van der Waals surface area contributed by atoms with Crippen LogP contribution in [0.2, 0.25) is 0 Å². The van der Waals surface area contributed by atoms with Gasteiger partial charge in [-0.2, -0.15) is 5.48 Å². The quantitative estimate of drug-likeness (QED) is 0.717. The van der Waals surface area contributed by atoms with Crippen LogP contribution in [0.1, 0.15) is 23.5 Å². The largest absolute Gasteiger partial charge is 0.296 e. The molecule has 3 rings (SSSR count). The van der Waals surface area contributed by atoms with Gasteiger partial charge < -0.3 is 0 Å². The molecule has 1 aromatic heterocycles. The topological polar surface area (TPSA) is 34.1 Å². The van der Waals surface area contributed by atoms with Crippen LogP contribution in [-0.2, 0) is 11.4 Å². The number of hydroxylamine groups is 1. The van der Waals surface area contributed by atoms with Gasteiger partial charge in [-0.15, -0.1) is 11.3 Å². The van der Waals surface area contributed by atoms with Crippen LogP contribution in [0.4, 0.5) is 0 Å².